The summed E-state index contributed by atoms with van der Waals surface area (Å²) in [6.45, 7) is 9.49. The first kappa shape index (κ1) is 17.0. The Bertz CT molecular complexity index is 400. The van der Waals surface area contributed by atoms with Crippen LogP contribution in [0.15, 0.2) is 23.3 Å². The van der Waals surface area contributed by atoms with E-state index in [1.807, 2.05) is 0 Å². The molecule has 0 aromatic heterocycles. The van der Waals surface area contributed by atoms with Crippen molar-refractivity contribution in [1.82, 2.24) is 0 Å². The number of ether oxygens (including phenoxy) is 1. The van der Waals surface area contributed by atoms with Crippen LogP contribution in [-0.4, -0.2) is 22.8 Å². The van der Waals surface area contributed by atoms with E-state index in [1.165, 1.54) is 18.1 Å². The van der Waals surface area contributed by atoms with Crippen LogP contribution in [0.25, 0.3) is 0 Å². The van der Waals surface area contributed by atoms with Crippen LogP contribution < -0.4 is 0 Å². The van der Waals surface area contributed by atoms with E-state index in [-0.39, 0.29) is 5.97 Å². The number of carbonyl (C=O) groups is 1. The average Bonchev–Trinajstić information content (AvgIpc) is 2.30. The van der Waals surface area contributed by atoms with Gasteiger partial charge in [-0.05, 0) is 59.3 Å². The molecule has 1 saturated carbocycles. The van der Waals surface area contributed by atoms with Gasteiger partial charge in [-0.2, -0.15) is 0 Å². The molecule has 1 aliphatic carbocycles. The van der Waals surface area contributed by atoms with Gasteiger partial charge < -0.3 is 9.84 Å². The van der Waals surface area contributed by atoms with Crippen molar-refractivity contribution in [3.63, 3.8) is 0 Å². The summed E-state index contributed by atoms with van der Waals surface area (Å²) in [5.74, 6) is 0.0761. The molecule has 20 heavy (non-hydrogen) atoms. The maximum Gasteiger partial charge on any atom is 0.303 e. The molecule has 1 fully saturated rings. The third-order valence-corrected chi connectivity index (χ3v) is 4.11. The Labute approximate surface area is 122 Å². The minimum absolute atomic E-state index is 0.318. The molecule has 1 aliphatic rings. The van der Waals surface area contributed by atoms with Crippen LogP contribution in [0, 0.1) is 5.92 Å². The molecule has 0 bridgehead atoms. The summed E-state index contributed by atoms with van der Waals surface area (Å²) in [5.41, 5.74) is 1.75. The molecule has 0 amide bonds. The molecule has 0 aromatic carbocycles. The van der Waals surface area contributed by atoms with Crippen molar-refractivity contribution in [3.8, 4) is 0 Å². The van der Waals surface area contributed by atoms with Gasteiger partial charge in [0.15, 0.2) is 0 Å². The van der Waals surface area contributed by atoms with E-state index in [1.54, 1.807) is 6.92 Å². The maximum absolute atomic E-state index is 11.2. The van der Waals surface area contributed by atoms with Crippen LogP contribution in [0.2, 0.25) is 0 Å². The van der Waals surface area contributed by atoms with Crippen LogP contribution in [0.4, 0.5) is 0 Å². The highest BCUT2D eigenvalue weighted by atomic mass is 16.6. The van der Waals surface area contributed by atoms with Gasteiger partial charge in [0.05, 0.1) is 5.60 Å². The highest BCUT2D eigenvalue weighted by Crippen LogP contribution is 2.37. The van der Waals surface area contributed by atoms with Crippen LogP contribution in [-0.2, 0) is 9.53 Å². The van der Waals surface area contributed by atoms with Crippen molar-refractivity contribution in [2.75, 3.05) is 0 Å². The van der Waals surface area contributed by atoms with Crippen molar-refractivity contribution >= 4 is 5.97 Å². The molecule has 0 aromatic rings. The molecule has 0 radical (unpaired) electrons. The van der Waals surface area contributed by atoms with E-state index in [0.29, 0.717) is 18.8 Å². The molecular weight excluding hydrogens is 252 g/mol. The largest absolute Gasteiger partial charge is 0.459 e. The van der Waals surface area contributed by atoms with Gasteiger partial charge in [0.1, 0.15) is 6.10 Å². The van der Waals surface area contributed by atoms with Gasteiger partial charge in [0.25, 0.3) is 0 Å². The summed E-state index contributed by atoms with van der Waals surface area (Å²) < 4.78 is 5.30. The lowest BCUT2D eigenvalue weighted by molar-refractivity contribution is -0.168. The minimum Gasteiger partial charge on any atom is -0.459 e. The molecule has 3 heteroatoms. The van der Waals surface area contributed by atoms with E-state index in [9.17, 15) is 9.90 Å². The lowest BCUT2D eigenvalue weighted by Crippen LogP contribution is -2.47. The number of carbonyl (C=O) groups excluding carboxylic acids is 1. The second-order valence-corrected chi connectivity index (χ2v) is 6.39. The molecule has 0 spiro atoms. The smallest absolute Gasteiger partial charge is 0.303 e. The molecular formula is C17H28O3. The third kappa shape index (κ3) is 5.12. The Morgan fingerprint density at radius 1 is 1.30 bits per heavy atom. The van der Waals surface area contributed by atoms with Crippen LogP contribution in [0.3, 0.4) is 0 Å². The normalized spacial score (nSPS) is 30.8. The molecule has 1 N–H and O–H groups in total. The first-order valence-corrected chi connectivity index (χ1v) is 7.42. The molecule has 0 unspecified atom stereocenters. The van der Waals surface area contributed by atoms with Crippen LogP contribution in [0.1, 0.15) is 60.3 Å². The van der Waals surface area contributed by atoms with E-state index >= 15 is 0 Å². The SMILES string of the molecule is CC(=O)O[C@@H]1C[C@@H](/C(C)=C\CC=C(C)C)CC[C@@]1(C)O. The topological polar surface area (TPSA) is 46.5 Å². The summed E-state index contributed by atoms with van der Waals surface area (Å²) in [4.78, 5) is 11.2. The summed E-state index contributed by atoms with van der Waals surface area (Å²) in [7, 11) is 0. The number of aliphatic hydroxyl groups is 1. The fourth-order valence-electron chi connectivity index (χ4n) is 2.69. The van der Waals surface area contributed by atoms with Gasteiger partial charge in [0.2, 0.25) is 0 Å². The van der Waals surface area contributed by atoms with E-state index < -0.39 is 11.7 Å². The fourth-order valence-corrected chi connectivity index (χ4v) is 2.69. The zero-order valence-electron chi connectivity index (χ0n) is 13.4. The third-order valence-electron chi connectivity index (χ3n) is 4.11. The van der Waals surface area contributed by atoms with E-state index in [0.717, 1.165) is 12.8 Å². The maximum atomic E-state index is 11.2. The monoisotopic (exact) mass is 280 g/mol. The Balaban J connectivity index is 2.69. The molecule has 3 atom stereocenters. The van der Waals surface area contributed by atoms with Gasteiger partial charge >= 0.3 is 5.97 Å². The fraction of sp³-hybridized carbons (Fsp3) is 0.706. The van der Waals surface area contributed by atoms with Gasteiger partial charge in [0, 0.05) is 6.92 Å². The van der Waals surface area contributed by atoms with E-state index in [2.05, 4.69) is 32.9 Å². The highest BCUT2D eigenvalue weighted by molar-refractivity contribution is 5.66. The molecule has 0 heterocycles. The second-order valence-electron chi connectivity index (χ2n) is 6.39. The Morgan fingerprint density at radius 2 is 1.95 bits per heavy atom. The van der Waals surface area contributed by atoms with Crippen molar-refractivity contribution < 1.29 is 14.6 Å². The summed E-state index contributed by atoms with van der Waals surface area (Å²) in [6, 6.07) is 0. The Kier molecular flexibility index (Phi) is 6.00. The lowest BCUT2D eigenvalue weighted by Gasteiger charge is -2.40. The first-order valence-electron chi connectivity index (χ1n) is 7.42. The Morgan fingerprint density at radius 3 is 2.50 bits per heavy atom. The molecule has 3 nitrogen and oxygen atoms in total. The number of hydrogen-bond acceptors (Lipinski definition) is 3. The van der Waals surface area contributed by atoms with Crippen LogP contribution in [0.5, 0.6) is 0 Å². The van der Waals surface area contributed by atoms with Crippen LogP contribution >= 0.6 is 0 Å². The second kappa shape index (κ2) is 7.07. The number of allylic oxidation sites excluding steroid dienone is 4. The summed E-state index contributed by atoms with van der Waals surface area (Å²) >= 11 is 0. The van der Waals surface area contributed by atoms with Crippen molar-refractivity contribution in [3.05, 3.63) is 23.3 Å². The zero-order chi connectivity index (χ0) is 15.3. The van der Waals surface area contributed by atoms with Gasteiger partial charge in [-0.15, -0.1) is 0 Å². The summed E-state index contributed by atoms with van der Waals surface area (Å²) in [5, 5.41) is 10.3. The highest BCUT2D eigenvalue weighted by Gasteiger charge is 2.40. The molecule has 0 saturated heterocycles. The molecule has 0 aliphatic heterocycles. The van der Waals surface area contributed by atoms with Crippen molar-refractivity contribution in [1.29, 1.82) is 0 Å². The Hall–Kier alpha value is -1.09. The number of hydrogen-bond donors (Lipinski definition) is 1. The predicted octanol–water partition coefficient (Wildman–Crippen LogP) is 3.77. The predicted molar refractivity (Wildman–Crippen MR) is 81.3 cm³/mol. The van der Waals surface area contributed by atoms with Crippen molar-refractivity contribution in [2.24, 2.45) is 5.92 Å². The van der Waals surface area contributed by atoms with Gasteiger partial charge in [-0.1, -0.05) is 23.3 Å². The average molecular weight is 280 g/mol. The summed E-state index contributed by atoms with van der Waals surface area (Å²) in [6.07, 6.45) is 7.31. The standard InChI is InChI=1S/C17H28O3/c1-12(2)7-6-8-13(3)15-9-10-17(5,19)16(11-15)20-14(4)18/h7-8,15-16,19H,6,9-11H2,1-5H3/b13-8-/t15-,16+,17+/m0/s1. The lowest BCUT2D eigenvalue weighted by atomic mass is 9.75. The van der Waals surface area contributed by atoms with Gasteiger partial charge in [-0.25, -0.2) is 0 Å². The zero-order valence-corrected chi connectivity index (χ0v) is 13.4. The number of esters is 1. The van der Waals surface area contributed by atoms with E-state index in [4.69, 9.17) is 4.74 Å². The van der Waals surface area contributed by atoms with Gasteiger partial charge in [-0.3, -0.25) is 4.79 Å². The van der Waals surface area contributed by atoms with Crippen molar-refractivity contribution in [2.45, 2.75) is 72.0 Å². The quantitative estimate of drug-likeness (QED) is 0.630. The molecule has 1 rings (SSSR count). The molecule has 114 valence electrons. The first-order chi connectivity index (χ1) is 9.22. The minimum atomic E-state index is -0.900. The number of rotatable bonds is 4.